The zero-order valence-corrected chi connectivity index (χ0v) is 12.7. The van der Waals surface area contributed by atoms with Crippen LogP contribution in [-0.2, 0) is 4.74 Å². The Kier molecular flexibility index (Phi) is 5.36. The molecule has 1 aromatic rings. The van der Waals surface area contributed by atoms with Crippen molar-refractivity contribution in [3.05, 3.63) is 24.2 Å². The minimum absolute atomic E-state index is 0.0138. The molecule has 1 amide bonds. The largest absolute Gasteiger partial charge is 0.461 e. The van der Waals surface area contributed by atoms with Crippen molar-refractivity contribution in [2.45, 2.75) is 52.7 Å². The predicted molar refractivity (Wildman–Crippen MR) is 75.7 cm³/mol. The molecule has 1 aromatic heterocycles. The maximum Gasteiger partial charge on any atom is 0.408 e. The number of furan rings is 1. The van der Waals surface area contributed by atoms with Gasteiger partial charge in [0.05, 0.1) is 6.26 Å². The second-order valence-corrected chi connectivity index (χ2v) is 5.85. The monoisotopic (exact) mass is 281 g/mol. The molecule has 0 aliphatic heterocycles. The molecule has 20 heavy (non-hydrogen) atoms. The summed E-state index contributed by atoms with van der Waals surface area (Å²) < 4.78 is 10.3. The highest BCUT2D eigenvalue weighted by Gasteiger charge is 2.30. The van der Waals surface area contributed by atoms with Gasteiger partial charge in [0.2, 0.25) is 5.78 Å². The molecule has 0 saturated carbocycles. The van der Waals surface area contributed by atoms with Crippen LogP contribution in [0.15, 0.2) is 22.8 Å². The quantitative estimate of drug-likeness (QED) is 0.840. The first-order valence-corrected chi connectivity index (χ1v) is 6.82. The highest BCUT2D eigenvalue weighted by molar-refractivity contribution is 5.99. The third kappa shape index (κ3) is 4.72. The van der Waals surface area contributed by atoms with Crippen LogP contribution in [0.2, 0.25) is 0 Å². The summed E-state index contributed by atoms with van der Waals surface area (Å²) in [5.74, 6) is -0.0123. The van der Waals surface area contributed by atoms with Gasteiger partial charge in [-0.25, -0.2) is 4.79 Å². The minimum atomic E-state index is -0.652. The van der Waals surface area contributed by atoms with Crippen LogP contribution in [0.25, 0.3) is 0 Å². The molecule has 1 rings (SSSR count). The normalized spacial score (nSPS) is 14.4. The Labute approximate surface area is 119 Å². The molecule has 0 unspecified atom stereocenters. The molecule has 1 N–H and O–H groups in total. The molecular weight excluding hydrogens is 258 g/mol. The lowest BCUT2D eigenvalue weighted by molar-refractivity contribution is 0.0469. The molecular formula is C15H23NO4. The number of carbonyl (C=O) groups excluding carboxylic acids is 2. The number of Topliss-reactive ketones (excluding diaryl/α,β-unsaturated/α-hetero) is 1. The van der Waals surface area contributed by atoms with Crippen LogP contribution in [0.4, 0.5) is 4.79 Å². The summed E-state index contributed by atoms with van der Waals surface area (Å²) in [6.45, 7) is 9.20. The van der Waals surface area contributed by atoms with E-state index in [-0.39, 0.29) is 17.5 Å². The van der Waals surface area contributed by atoms with Crippen LogP contribution in [0.1, 0.15) is 51.6 Å². The Morgan fingerprint density at radius 3 is 2.50 bits per heavy atom. The van der Waals surface area contributed by atoms with E-state index in [1.54, 1.807) is 32.9 Å². The van der Waals surface area contributed by atoms with Crippen molar-refractivity contribution in [3.8, 4) is 0 Å². The van der Waals surface area contributed by atoms with Gasteiger partial charge in [-0.3, -0.25) is 4.79 Å². The molecule has 0 aromatic carbocycles. The van der Waals surface area contributed by atoms with Gasteiger partial charge in [-0.15, -0.1) is 0 Å². The van der Waals surface area contributed by atoms with E-state index in [4.69, 9.17) is 9.15 Å². The number of nitrogens with one attached hydrogen (secondary N) is 1. The Morgan fingerprint density at radius 2 is 2.05 bits per heavy atom. The van der Waals surface area contributed by atoms with Crippen molar-refractivity contribution in [3.63, 3.8) is 0 Å². The highest BCUT2D eigenvalue weighted by atomic mass is 16.6. The molecule has 0 aliphatic carbocycles. The number of rotatable bonds is 5. The van der Waals surface area contributed by atoms with Crippen molar-refractivity contribution >= 4 is 11.9 Å². The highest BCUT2D eigenvalue weighted by Crippen LogP contribution is 2.15. The molecule has 0 saturated heterocycles. The first-order chi connectivity index (χ1) is 9.24. The average molecular weight is 281 g/mol. The smallest absolute Gasteiger partial charge is 0.408 e. The van der Waals surface area contributed by atoms with Crippen LogP contribution in [0, 0.1) is 5.92 Å². The molecule has 0 fully saturated rings. The van der Waals surface area contributed by atoms with E-state index in [9.17, 15) is 9.59 Å². The first-order valence-electron chi connectivity index (χ1n) is 6.82. The van der Waals surface area contributed by atoms with Gasteiger partial charge in [-0.05, 0) is 38.8 Å². The lowest BCUT2D eigenvalue weighted by atomic mass is 9.94. The van der Waals surface area contributed by atoms with Gasteiger partial charge >= 0.3 is 6.09 Å². The van der Waals surface area contributed by atoms with E-state index in [0.717, 1.165) is 6.42 Å². The maximum atomic E-state index is 12.3. The van der Waals surface area contributed by atoms with E-state index in [1.165, 1.54) is 6.26 Å². The third-order valence-corrected chi connectivity index (χ3v) is 2.93. The van der Waals surface area contributed by atoms with Crippen LogP contribution in [0.5, 0.6) is 0 Å². The van der Waals surface area contributed by atoms with Crippen molar-refractivity contribution < 1.29 is 18.7 Å². The molecule has 0 aliphatic rings. The predicted octanol–water partition coefficient (Wildman–Crippen LogP) is 3.40. The maximum absolute atomic E-state index is 12.3. The summed E-state index contributed by atoms with van der Waals surface area (Å²) in [4.78, 5) is 24.2. The Balaban J connectivity index is 2.80. The van der Waals surface area contributed by atoms with Crippen molar-refractivity contribution in [2.75, 3.05) is 0 Å². The molecule has 112 valence electrons. The van der Waals surface area contributed by atoms with E-state index in [1.807, 2.05) is 13.8 Å². The number of ketones is 1. The fourth-order valence-electron chi connectivity index (χ4n) is 1.71. The second-order valence-electron chi connectivity index (χ2n) is 5.85. The first kappa shape index (κ1) is 16.3. The fourth-order valence-corrected chi connectivity index (χ4v) is 1.71. The Morgan fingerprint density at radius 1 is 1.40 bits per heavy atom. The van der Waals surface area contributed by atoms with Gasteiger partial charge in [0.15, 0.2) is 5.76 Å². The zero-order chi connectivity index (χ0) is 15.3. The van der Waals surface area contributed by atoms with E-state index in [2.05, 4.69) is 5.32 Å². The van der Waals surface area contributed by atoms with Gasteiger partial charge < -0.3 is 14.5 Å². The number of alkyl carbamates (subject to hydrolysis) is 1. The molecule has 0 radical (unpaired) electrons. The van der Waals surface area contributed by atoms with E-state index < -0.39 is 17.7 Å². The average Bonchev–Trinajstić information content (AvgIpc) is 2.85. The van der Waals surface area contributed by atoms with Crippen molar-refractivity contribution in [2.24, 2.45) is 5.92 Å². The number of hydrogen-bond donors (Lipinski definition) is 1. The van der Waals surface area contributed by atoms with Crippen LogP contribution >= 0.6 is 0 Å². The molecule has 5 heteroatoms. The summed E-state index contributed by atoms with van der Waals surface area (Å²) in [5, 5.41) is 2.64. The van der Waals surface area contributed by atoms with Crippen molar-refractivity contribution in [1.82, 2.24) is 5.32 Å². The van der Waals surface area contributed by atoms with Crippen molar-refractivity contribution in [1.29, 1.82) is 0 Å². The molecule has 5 nitrogen and oxygen atoms in total. The van der Waals surface area contributed by atoms with Gasteiger partial charge in [0.1, 0.15) is 11.6 Å². The van der Waals surface area contributed by atoms with E-state index in [0.29, 0.717) is 0 Å². The second kappa shape index (κ2) is 6.59. The molecule has 1 heterocycles. The summed E-state index contributed by atoms with van der Waals surface area (Å²) in [7, 11) is 0. The fraction of sp³-hybridized carbons (Fsp3) is 0.600. The molecule has 2 atom stereocenters. The summed E-state index contributed by atoms with van der Waals surface area (Å²) in [5.41, 5.74) is -0.599. The number of carbonyl (C=O) groups is 2. The number of hydrogen-bond acceptors (Lipinski definition) is 4. The minimum Gasteiger partial charge on any atom is -0.461 e. The topological polar surface area (TPSA) is 68.5 Å². The molecule has 0 bridgehead atoms. The lowest BCUT2D eigenvalue weighted by Crippen LogP contribution is -2.46. The SMILES string of the molecule is CC[C@@H](C)[C@H](NC(=O)OC(C)(C)C)C(=O)c1ccco1. The standard InChI is InChI=1S/C15H23NO4/c1-6-10(2)12(13(17)11-8-7-9-19-11)16-14(18)20-15(3,4)5/h7-10,12H,6H2,1-5H3,(H,16,18)/t10-,12+/m1/s1. The number of ether oxygens (including phenoxy) is 1. The van der Waals surface area contributed by atoms with Gasteiger partial charge in [-0.1, -0.05) is 20.3 Å². The lowest BCUT2D eigenvalue weighted by Gasteiger charge is -2.25. The van der Waals surface area contributed by atoms with Gasteiger partial charge in [0.25, 0.3) is 0 Å². The Bertz CT molecular complexity index is 445. The summed E-state index contributed by atoms with van der Waals surface area (Å²) in [6.07, 6.45) is 1.60. The van der Waals surface area contributed by atoms with Crippen LogP contribution in [0.3, 0.4) is 0 Å². The van der Waals surface area contributed by atoms with Crippen LogP contribution < -0.4 is 5.32 Å². The van der Waals surface area contributed by atoms with Crippen LogP contribution in [-0.4, -0.2) is 23.5 Å². The zero-order valence-electron chi connectivity index (χ0n) is 12.7. The summed E-state index contributed by atoms with van der Waals surface area (Å²) >= 11 is 0. The Hall–Kier alpha value is -1.78. The van der Waals surface area contributed by atoms with Gasteiger partial charge in [0, 0.05) is 0 Å². The molecule has 0 spiro atoms. The van der Waals surface area contributed by atoms with E-state index >= 15 is 0 Å². The number of amides is 1. The van der Waals surface area contributed by atoms with Gasteiger partial charge in [-0.2, -0.15) is 0 Å². The summed E-state index contributed by atoms with van der Waals surface area (Å²) in [6, 6.07) is 2.59. The third-order valence-electron chi connectivity index (χ3n) is 2.93.